The maximum Gasteiger partial charge on any atom is 0.238 e. The van der Waals surface area contributed by atoms with Crippen LogP contribution in [0.2, 0.25) is 0 Å². The number of nitrogens with zero attached hydrogens (tertiary/aromatic N) is 4. The Hall–Kier alpha value is -2.72. The average molecular weight is 256 g/mol. The topological polar surface area (TPSA) is 84.7 Å². The van der Waals surface area contributed by atoms with Crippen molar-refractivity contribution >= 4 is 11.6 Å². The van der Waals surface area contributed by atoms with Gasteiger partial charge in [0.1, 0.15) is 6.33 Å². The van der Waals surface area contributed by atoms with E-state index in [1.54, 1.807) is 12.1 Å². The van der Waals surface area contributed by atoms with E-state index in [1.807, 2.05) is 12.1 Å². The number of nitrogens with one attached hydrogen (secondary N) is 2. The van der Waals surface area contributed by atoms with Crippen LogP contribution in [0, 0.1) is 12.3 Å². The standard InChI is InChI=1S/C12H12N6O/c1-2-7-13-8-12(19)15-10-5-3-4-6-11(10)18-9-14-16-17-18/h1,3-6,9,13H,7-8H2,(H,15,19). The summed E-state index contributed by atoms with van der Waals surface area (Å²) in [4.78, 5) is 11.7. The van der Waals surface area contributed by atoms with Crippen molar-refractivity contribution in [2.75, 3.05) is 18.4 Å². The number of carbonyl (C=O) groups excluding carboxylic acids is 1. The molecular weight excluding hydrogens is 244 g/mol. The molecule has 0 saturated heterocycles. The molecule has 2 N–H and O–H groups in total. The Balaban J connectivity index is 2.09. The number of benzene rings is 1. The normalized spacial score (nSPS) is 9.84. The van der Waals surface area contributed by atoms with Gasteiger partial charge in [0.2, 0.25) is 5.91 Å². The number of hydrogen-bond donors (Lipinski definition) is 2. The molecule has 1 heterocycles. The van der Waals surface area contributed by atoms with E-state index in [-0.39, 0.29) is 12.5 Å². The lowest BCUT2D eigenvalue weighted by Crippen LogP contribution is -2.28. The number of hydrogen-bond acceptors (Lipinski definition) is 5. The molecule has 96 valence electrons. The molecule has 0 atom stereocenters. The smallest absolute Gasteiger partial charge is 0.238 e. The molecule has 1 amide bonds. The highest BCUT2D eigenvalue weighted by atomic mass is 16.1. The second-order valence-corrected chi connectivity index (χ2v) is 3.63. The first kappa shape index (κ1) is 12.7. The number of amides is 1. The maximum atomic E-state index is 11.7. The van der Waals surface area contributed by atoms with E-state index in [0.717, 1.165) is 0 Å². The van der Waals surface area contributed by atoms with Crippen LogP contribution < -0.4 is 10.6 Å². The molecule has 0 unspecified atom stereocenters. The maximum absolute atomic E-state index is 11.7. The quantitative estimate of drug-likeness (QED) is 0.573. The molecule has 1 aromatic carbocycles. The minimum atomic E-state index is -0.184. The lowest BCUT2D eigenvalue weighted by atomic mass is 10.2. The van der Waals surface area contributed by atoms with E-state index in [9.17, 15) is 4.79 Å². The van der Waals surface area contributed by atoms with Crippen molar-refractivity contribution in [2.24, 2.45) is 0 Å². The Morgan fingerprint density at radius 1 is 1.42 bits per heavy atom. The number of aromatic nitrogens is 4. The lowest BCUT2D eigenvalue weighted by molar-refractivity contribution is -0.115. The molecule has 0 aliphatic heterocycles. The van der Waals surface area contributed by atoms with Crippen LogP contribution in [0.15, 0.2) is 30.6 Å². The first-order chi connectivity index (χ1) is 9.31. The summed E-state index contributed by atoms with van der Waals surface area (Å²) in [5, 5.41) is 16.5. The van der Waals surface area contributed by atoms with Crippen LogP contribution in [0.25, 0.3) is 5.69 Å². The zero-order valence-corrected chi connectivity index (χ0v) is 10.1. The Morgan fingerprint density at radius 3 is 3.00 bits per heavy atom. The van der Waals surface area contributed by atoms with E-state index in [1.165, 1.54) is 11.0 Å². The average Bonchev–Trinajstić information content (AvgIpc) is 2.93. The molecule has 19 heavy (non-hydrogen) atoms. The van der Waals surface area contributed by atoms with Gasteiger partial charge in [-0.3, -0.25) is 10.1 Å². The third-order valence-electron chi connectivity index (χ3n) is 2.29. The Labute approximate surface area is 110 Å². The van der Waals surface area contributed by atoms with Crippen LogP contribution in [0.4, 0.5) is 5.69 Å². The highest BCUT2D eigenvalue weighted by Crippen LogP contribution is 2.17. The first-order valence-corrected chi connectivity index (χ1v) is 5.57. The van der Waals surface area contributed by atoms with Crippen LogP contribution in [0.3, 0.4) is 0 Å². The molecule has 0 aliphatic rings. The third-order valence-corrected chi connectivity index (χ3v) is 2.29. The lowest BCUT2D eigenvalue weighted by Gasteiger charge is -2.09. The monoisotopic (exact) mass is 256 g/mol. The van der Waals surface area contributed by atoms with Gasteiger partial charge in [0.15, 0.2) is 0 Å². The number of tetrazole rings is 1. The van der Waals surface area contributed by atoms with Crippen LogP contribution >= 0.6 is 0 Å². The van der Waals surface area contributed by atoms with Crippen LogP contribution in [0.5, 0.6) is 0 Å². The summed E-state index contributed by atoms with van der Waals surface area (Å²) in [6.07, 6.45) is 6.55. The Bertz CT molecular complexity index is 587. The van der Waals surface area contributed by atoms with E-state index in [0.29, 0.717) is 17.9 Å². The molecule has 7 heteroatoms. The summed E-state index contributed by atoms with van der Waals surface area (Å²) >= 11 is 0. The van der Waals surface area contributed by atoms with Crippen molar-refractivity contribution in [1.29, 1.82) is 0 Å². The second-order valence-electron chi connectivity index (χ2n) is 3.63. The highest BCUT2D eigenvalue weighted by Gasteiger charge is 2.08. The molecule has 2 rings (SSSR count). The molecule has 0 fully saturated rings. The molecule has 1 aromatic heterocycles. The Kier molecular flexibility index (Phi) is 4.21. The largest absolute Gasteiger partial charge is 0.323 e. The SMILES string of the molecule is C#CCNCC(=O)Nc1ccccc1-n1cnnn1. The molecule has 0 spiro atoms. The minimum absolute atomic E-state index is 0.147. The van der Waals surface area contributed by atoms with Crippen molar-refractivity contribution in [3.8, 4) is 18.0 Å². The molecule has 0 saturated carbocycles. The first-order valence-electron chi connectivity index (χ1n) is 5.57. The van der Waals surface area contributed by atoms with Crippen molar-refractivity contribution in [2.45, 2.75) is 0 Å². The number of rotatable bonds is 5. The molecule has 7 nitrogen and oxygen atoms in total. The molecule has 0 radical (unpaired) electrons. The van der Waals surface area contributed by atoms with E-state index in [2.05, 4.69) is 32.1 Å². The van der Waals surface area contributed by atoms with Crippen LogP contribution in [-0.2, 0) is 4.79 Å². The summed E-state index contributed by atoms with van der Waals surface area (Å²) in [5.74, 6) is 2.21. The van der Waals surface area contributed by atoms with Gasteiger partial charge in [0.05, 0.1) is 24.5 Å². The predicted octanol–water partition coefficient (Wildman–Crippen LogP) is -0.176. The summed E-state index contributed by atoms with van der Waals surface area (Å²) in [5.41, 5.74) is 1.32. The molecular formula is C12H12N6O. The number of anilines is 1. The van der Waals surface area contributed by atoms with Gasteiger partial charge < -0.3 is 5.32 Å². The number of terminal acetylenes is 1. The number of carbonyl (C=O) groups is 1. The fourth-order valence-corrected chi connectivity index (χ4v) is 1.49. The van der Waals surface area contributed by atoms with Crippen LogP contribution in [-0.4, -0.2) is 39.2 Å². The summed E-state index contributed by atoms with van der Waals surface area (Å²) in [7, 11) is 0. The van der Waals surface area contributed by atoms with Gasteiger partial charge in [-0.25, -0.2) is 0 Å². The van der Waals surface area contributed by atoms with Gasteiger partial charge in [0.25, 0.3) is 0 Å². The summed E-state index contributed by atoms with van der Waals surface area (Å²) in [6.45, 7) is 0.496. The molecule has 0 aliphatic carbocycles. The van der Waals surface area contributed by atoms with Crippen molar-refractivity contribution < 1.29 is 4.79 Å². The number of para-hydroxylation sites is 2. The fourth-order valence-electron chi connectivity index (χ4n) is 1.49. The van der Waals surface area contributed by atoms with Crippen LogP contribution in [0.1, 0.15) is 0 Å². The van der Waals surface area contributed by atoms with Crippen molar-refractivity contribution in [1.82, 2.24) is 25.5 Å². The zero-order valence-electron chi connectivity index (χ0n) is 10.1. The second kappa shape index (κ2) is 6.28. The van der Waals surface area contributed by atoms with Gasteiger partial charge in [-0.2, -0.15) is 4.68 Å². The third kappa shape index (κ3) is 3.37. The van der Waals surface area contributed by atoms with Crippen molar-refractivity contribution in [3.05, 3.63) is 30.6 Å². The van der Waals surface area contributed by atoms with E-state index in [4.69, 9.17) is 6.42 Å². The molecule has 0 bridgehead atoms. The summed E-state index contributed by atoms with van der Waals surface area (Å²) in [6, 6.07) is 7.23. The minimum Gasteiger partial charge on any atom is -0.323 e. The Morgan fingerprint density at radius 2 is 2.26 bits per heavy atom. The predicted molar refractivity (Wildman–Crippen MR) is 69.5 cm³/mol. The zero-order chi connectivity index (χ0) is 13.5. The van der Waals surface area contributed by atoms with E-state index < -0.39 is 0 Å². The van der Waals surface area contributed by atoms with Gasteiger partial charge in [-0.1, -0.05) is 18.1 Å². The van der Waals surface area contributed by atoms with Gasteiger partial charge >= 0.3 is 0 Å². The van der Waals surface area contributed by atoms with Gasteiger partial charge in [-0.05, 0) is 22.6 Å². The van der Waals surface area contributed by atoms with E-state index >= 15 is 0 Å². The van der Waals surface area contributed by atoms with Gasteiger partial charge in [-0.15, -0.1) is 11.5 Å². The van der Waals surface area contributed by atoms with Crippen molar-refractivity contribution in [3.63, 3.8) is 0 Å². The van der Waals surface area contributed by atoms with Gasteiger partial charge in [0, 0.05) is 0 Å². The summed E-state index contributed by atoms with van der Waals surface area (Å²) < 4.78 is 1.48. The fraction of sp³-hybridized carbons (Fsp3) is 0.167. The molecule has 2 aromatic rings. The highest BCUT2D eigenvalue weighted by molar-refractivity contribution is 5.94.